The smallest absolute Gasteiger partial charge is 0.143 e. The van der Waals surface area contributed by atoms with Crippen molar-refractivity contribution in [1.29, 1.82) is 0 Å². The van der Waals surface area contributed by atoms with Crippen LogP contribution in [0.3, 0.4) is 0 Å². The lowest BCUT2D eigenvalue weighted by Crippen LogP contribution is -2.10. The van der Waals surface area contributed by atoms with Crippen LogP contribution in [-0.4, -0.2) is 4.57 Å². The first-order valence-electron chi connectivity index (χ1n) is 21.7. The lowest BCUT2D eigenvalue weighted by molar-refractivity contribution is 0.669. The fourth-order valence-corrected chi connectivity index (χ4v) is 9.84. The predicted molar refractivity (Wildman–Crippen MR) is 266 cm³/mol. The summed E-state index contributed by atoms with van der Waals surface area (Å²) in [6, 6.07) is 82.2. The van der Waals surface area contributed by atoms with Gasteiger partial charge in [0.25, 0.3) is 0 Å². The van der Waals surface area contributed by atoms with Gasteiger partial charge in [-0.05, 0) is 95.1 Å². The molecule has 13 aromatic rings. The molecule has 300 valence electrons. The third-order valence-corrected chi connectivity index (χ3v) is 12.8. The maximum atomic E-state index is 6.83. The largest absolute Gasteiger partial charge is 0.455 e. The fraction of sp³-hybridized carbons (Fsp3) is 0. The van der Waals surface area contributed by atoms with E-state index in [-0.39, 0.29) is 0 Å². The SMILES string of the molecule is c1ccc(-c2ccc(N(c3cccc(-c4cccc5c4oc4ccccc45)c3)c3cc(-c4cccc(-n5c6ccccc6c6ccccc65)c4)c4oc5ccccc5c4c3)cc2)cc1. The monoisotopic (exact) mass is 818 g/mol. The van der Waals surface area contributed by atoms with Crippen LogP contribution in [0, 0.1) is 0 Å². The van der Waals surface area contributed by atoms with Gasteiger partial charge in [-0.1, -0.05) is 158 Å². The summed E-state index contributed by atoms with van der Waals surface area (Å²) in [4.78, 5) is 2.37. The Morgan fingerprint density at radius 3 is 1.55 bits per heavy atom. The number of anilines is 3. The number of para-hydroxylation sites is 5. The second kappa shape index (κ2) is 14.5. The third-order valence-electron chi connectivity index (χ3n) is 12.8. The van der Waals surface area contributed by atoms with E-state index in [1.54, 1.807) is 0 Å². The molecule has 3 heterocycles. The molecule has 0 saturated heterocycles. The van der Waals surface area contributed by atoms with E-state index in [1.165, 1.54) is 27.4 Å². The van der Waals surface area contributed by atoms with Crippen LogP contribution in [0.25, 0.3) is 105 Å². The molecule has 64 heavy (non-hydrogen) atoms. The molecule has 0 atom stereocenters. The minimum absolute atomic E-state index is 0.856. The van der Waals surface area contributed by atoms with Gasteiger partial charge in [-0.2, -0.15) is 0 Å². The highest BCUT2D eigenvalue weighted by Gasteiger charge is 2.22. The molecule has 0 saturated carbocycles. The lowest BCUT2D eigenvalue weighted by Gasteiger charge is -2.27. The first-order valence-corrected chi connectivity index (χ1v) is 21.7. The van der Waals surface area contributed by atoms with Gasteiger partial charge in [0.2, 0.25) is 0 Å². The van der Waals surface area contributed by atoms with E-state index in [9.17, 15) is 0 Å². The van der Waals surface area contributed by atoms with E-state index >= 15 is 0 Å². The zero-order valence-electron chi connectivity index (χ0n) is 34.7. The molecule has 13 rings (SSSR count). The number of aromatic nitrogens is 1. The van der Waals surface area contributed by atoms with Crippen molar-refractivity contribution in [1.82, 2.24) is 4.57 Å². The lowest BCUT2D eigenvalue weighted by atomic mass is 9.98. The van der Waals surface area contributed by atoms with E-state index in [1.807, 2.05) is 18.2 Å². The van der Waals surface area contributed by atoms with Crippen LogP contribution in [0.4, 0.5) is 17.1 Å². The molecule has 0 spiro atoms. The molecular formula is C60H38N2O2. The van der Waals surface area contributed by atoms with Crippen LogP contribution in [0.15, 0.2) is 239 Å². The van der Waals surface area contributed by atoms with E-state index in [0.29, 0.717) is 0 Å². The van der Waals surface area contributed by atoms with Crippen LogP contribution < -0.4 is 4.90 Å². The molecule has 0 N–H and O–H groups in total. The Labute approximate surface area is 369 Å². The zero-order valence-corrected chi connectivity index (χ0v) is 34.7. The fourth-order valence-electron chi connectivity index (χ4n) is 9.84. The molecule has 0 unspecified atom stereocenters. The Kier molecular flexibility index (Phi) is 8.18. The van der Waals surface area contributed by atoms with Crippen molar-refractivity contribution >= 4 is 82.7 Å². The third kappa shape index (κ3) is 5.77. The molecule has 3 aromatic heterocycles. The summed E-state index contributed by atoms with van der Waals surface area (Å²) in [6.07, 6.45) is 0. The van der Waals surface area contributed by atoms with Crippen molar-refractivity contribution in [2.24, 2.45) is 0 Å². The Bertz CT molecular complexity index is 3860. The van der Waals surface area contributed by atoms with Crippen LogP contribution in [-0.2, 0) is 0 Å². The van der Waals surface area contributed by atoms with Gasteiger partial charge in [-0.15, -0.1) is 0 Å². The van der Waals surface area contributed by atoms with Gasteiger partial charge in [-0.25, -0.2) is 0 Å². The molecule has 0 aliphatic rings. The van der Waals surface area contributed by atoms with Gasteiger partial charge in [0.05, 0.1) is 11.0 Å². The number of benzene rings is 10. The maximum absolute atomic E-state index is 6.83. The van der Waals surface area contributed by atoms with Crippen LogP contribution in [0.2, 0.25) is 0 Å². The van der Waals surface area contributed by atoms with E-state index in [0.717, 1.165) is 94.4 Å². The average Bonchev–Trinajstić information content (AvgIpc) is 4.04. The summed E-state index contributed by atoms with van der Waals surface area (Å²) >= 11 is 0. The molecule has 0 aliphatic heterocycles. The molecular weight excluding hydrogens is 781 g/mol. The summed E-state index contributed by atoms with van der Waals surface area (Å²) in [5.41, 5.74) is 16.5. The Balaban J connectivity index is 1.04. The standard InChI is InChI=1S/C60H38N2O2/c1-2-15-39(16-3-1)40-31-33-43(34-32-40)61(44-19-12-17-41(35-44)47-25-14-26-52-50-23-6-10-29-57(50)63-59(47)52)46-37-53(60-54(38-46)51-24-7-11-30-58(51)64-60)42-18-13-20-45(36-42)62-55-27-8-4-21-48(55)49-22-5-9-28-56(49)62/h1-38H. The van der Waals surface area contributed by atoms with Gasteiger partial charge >= 0.3 is 0 Å². The number of fused-ring (bicyclic) bond motifs is 9. The van der Waals surface area contributed by atoms with Gasteiger partial charge in [-0.3, -0.25) is 0 Å². The van der Waals surface area contributed by atoms with Gasteiger partial charge in [0.1, 0.15) is 22.3 Å². The van der Waals surface area contributed by atoms with Crippen molar-refractivity contribution in [2.45, 2.75) is 0 Å². The van der Waals surface area contributed by atoms with Crippen molar-refractivity contribution in [3.63, 3.8) is 0 Å². The van der Waals surface area contributed by atoms with E-state index < -0.39 is 0 Å². The Morgan fingerprint density at radius 2 is 0.828 bits per heavy atom. The van der Waals surface area contributed by atoms with Crippen LogP contribution in [0.5, 0.6) is 0 Å². The average molecular weight is 819 g/mol. The second-order valence-corrected chi connectivity index (χ2v) is 16.5. The predicted octanol–water partition coefficient (Wildman–Crippen LogP) is 17.1. The van der Waals surface area contributed by atoms with Crippen molar-refractivity contribution in [3.05, 3.63) is 231 Å². The quantitative estimate of drug-likeness (QED) is 0.161. The molecule has 0 radical (unpaired) electrons. The zero-order chi connectivity index (χ0) is 42.1. The second-order valence-electron chi connectivity index (χ2n) is 16.5. The van der Waals surface area contributed by atoms with E-state index in [4.69, 9.17) is 8.83 Å². The molecule has 4 nitrogen and oxygen atoms in total. The summed E-state index contributed by atoms with van der Waals surface area (Å²) in [6.45, 7) is 0. The minimum Gasteiger partial charge on any atom is -0.455 e. The van der Waals surface area contributed by atoms with Gasteiger partial charge in [0, 0.05) is 66.2 Å². The summed E-state index contributed by atoms with van der Waals surface area (Å²) < 4.78 is 15.8. The molecule has 0 bridgehead atoms. The number of rotatable bonds is 7. The first-order chi connectivity index (χ1) is 31.7. The number of nitrogens with zero attached hydrogens (tertiary/aromatic N) is 2. The number of furan rings is 2. The van der Waals surface area contributed by atoms with Crippen LogP contribution in [0.1, 0.15) is 0 Å². The molecule has 4 heteroatoms. The highest BCUT2D eigenvalue weighted by Crippen LogP contribution is 2.46. The van der Waals surface area contributed by atoms with E-state index in [2.05, 4.69) is 222 Å². The number of hydrogen-bond acceptors (Lipinski definition) is 3. The molecule has 0 amide bonds. The van der Waals surface area contributed by atoms with Gasteiger partial charge < -0.3 is 18.3 Å². The maximum Gasteiger partial charge on any atom is 0.143 e. The molecule has 0 fully saturated rings. The van der Waals surface area contributed by atoms with Crippen molar-refractivity contribution in [2.75, 3.05) is 4.90 Å². The highest BCUT2D eigenvalue weighted by molar-refractivity contribution is 6.13. The Morgan fingerprint density at radius 1 is 0.297 bits per heavy atom. The number of hydrogen-bond donors (Lipinski definition) is 0. The summed E-state index contributed by atoms with van der Waals surface area (Å²) in [7, 11) is 0. The van der Waals surface area contributed by atoms with Crippen molar-refractivity contribution in [3.8, 4) is 39.1 Å². The molecule has 0 aliphatic carbocycles. The van der Waals surface area contributed by atoms with Crippen LogP contribution >= 0.6 is 0 Å². The highest BCUT2D eigenvalue weighted by atomic mass is 16.3. The normalized spacial score (nSPS) is 11.8. The first kappa shape index (κ1) is 36.1. The molecule has 10 aromatic carbocycles. The topological polar surface area (TPSA) is 34.5 Å². The summed E-state index contributed by atoms with van der Waals surface area (Å²) in [5, 5.41) is 6.82. The Hall–Kier alpha value is -8.60. The van der Waals surface area contributed by atoms with Crippen molar-refractivity contribution < 1.29 is 8.83 Å². The van der Waals surface area contributed by atoms with Gasteiger partial charge in [0.15, 0.2) is 0 Å². The minimum atomic E-state index is 0.856. The summed E-state index contributed by atoms with van der Waals surface area (Å²) in [5.74, 6) is 0.